The molecule has 0 bridgehead atoms. The van der Waals surface area contributed by atoms with Gasteiger partial charge in [0.15, 0.2) is 0 Å². The van der Waals surface area contributed by atoms with Gasteiger partial charge < -0.3 is 15.5 Å². The van der Waals surface area contributed by atoms with E-state index in [9.17, 15) is 10.2 Å². The molecule has 0 amide bonds. The van der Waals surface area contributed by atoms with E-state index in [2.05, 4.69) is 33.2 Å². The highest BCUT2D eigenvalue weighted by Crippen LogP contribution is 2.36. The Bertz CT molecular complexity index is 826. The van der Waals surface area contributed by atoms with Gasteiger partial charge >= 0.3 is 0 Å². The fraction of sp³-hybridized carbons (Fsp3) is 0.167. The predicted octanol–water partition coefficient (Wildman–Crippen LogP) is 3.97. The van der Waals surface area contributed by atoms with Crippen LogP contribution in [0.1, 0.15) is 17.0 Å². The number of hydrogen-bond acceptors (Lipinski definition) is 5. The number of aromatic hydroxyl groups is 2. The second-order valence-electron chi connectivity index (χ2n) is 5.81. The van der Waals surface area contributed by atoms with Crippen molar-refractivity contribution in [3.05, 3.63) is 58.4 Å². The standard InChI is InChI=1S/C18H16N2O2S/c21-15-4-11(5-16(22)7-15)3-14-9-20-18-17(14)6-13(8-19-18)12-1-2-23-10-12/h1-2,4-8,10,14,21-22H,3,9H2,(H,19,20). The van der Waals surface area contributed by atoms with E-state index in [1.807, 2.05) is 6.20 Å². The summed E-state index contributed by atoms with van der Waals surface area (Å²) in [4.78, 5) is 4.54. The number of phenolic OH excluding ortho intramolecular Hbond substituents is 2. The van der Waals surface area contributed by atoms with Gasteiger partial charge in [-0.15, -0.1) is 0 Å². The maximum absolute atomic E-state index is 9.65. The predicted molar refractivity (Wildman–Crippen MR) is 92.3 cm³/mol. The summed E-state index contributed by atoms with van der Waals surface area (Å²) < 4.78 is 0. The average Bonchev–Trinajstić information content (AvgIpc) is 3.16. The van der Waals surface area contributed by atoms with Crippen molar-refractivity contribution in [3.63, 3.8) is 0 Å². The molecule has 4 nitrogen and oxygen atoms in total. The van der Waals surface area contributed by atoms with Gasteiger partial charge in [0.2, 0.25) is 0 Å². The van der Waals surface area contributed by atoms with Gasteiger partial charge in [0, 0.05) is 35.9 Å². The minimum absolute atomic E-state index is 0.0938. The molecule has 0 saturated carbocycles. The molecule has 1 aromatic carbocycles. The van der Waals surface area contributed by atoms with Crippen LogP contribution in [0.4, 0.5) is 5.82 Å². The number of pyridine rings is 1. The first kappa shape index (κ1) is 14.1. The van der Waals surface area contributed by atoms with Gasteiger partial charge in [0.05, 0.1) is 0 Å². The third-order valence-corrected chi connectivity index (χ3v) is 4.86. The van der Waals surface area contributed by atoms with Crippen molar-refractivity contribution < 1.29 is 10.2 Å². The van der Waals surface area contributed by atoms with Crippen LogP contribution in [0, 0.1) is 0 Å². The van der Waals surface area contributed by atoms with E-state index in [0.717, 1.165) is 29.9 Å². The van der Waals surface area contributed by atoms with Crippen LogP contribution in [-0.4, -0.2) is 21.7 Å². The van der Waals surface area contributed by atoms with Gasteiger partial charge in [-0.1, -0.05) is 0 Å². The molecular formula is C18H16N2O2S. The van der Waals surface area contributed by atoms with Crippen LogP contribution >= 0.6 is 11.3 Å². The Morgan fingerprint density at radius 3 is 2.70 bits per heavy atom. The molecule has 3 aromatic rings. The molecule has 3 heterocycles. The molecule has 4 rings (SSSR count). The summed E-state index contributed by atoms with van der Waals surface area (Å²) in [5, 5.41) is 26.8. The summed E-state index contributed by atoms with van der Waals surface area (Å²) in [7, 11) is 0. The van der Waals surface area contributed by atoms with Gasteiger partial charge in [0.1, 0.15) is 17.3 Å². The molecule has 0 saturated heterocycles. The number of benzene rings is 1. The number of thiophene rings is 1. The van der Waals surface area contributed by atoms with Gasteiger partial charge in [0.25, 0.3) is 0 Å². The average molecular weight is 324 g/mol. The summed E-state index contributed by atoms with van der Waals surface area (Å²) in [6.45, 7) is 0.811. The molecule has 0 radical (unpaired) electrons. The van der Waals surface area contributed by atoms with E-state index in [1.165, 1.54) is 17.2 Å². The zero-order valence-corrected chi connectivity index (χ0v) is 13.2. The lowest BCUT2D eigenvalue weighted by atomic mass is 9.93. The van der Waals surface area contributed by atoms with E-state index in [0.29, 0.717) is 0 Å². The van der Waals surface area contributed by atoms with Crippen molar-refractivity contribution in [1.82, 2.24) is 4.98 Å². The summed E-state index contributed by atoms with van der Waals surface area (Å²) in [6.07, 6.45) is 2.65. The number of nitrogens with one attached hydrogen (secondary N) is 1. The van der Waals surface area contributed by atoms with E-state index in [-0.39, 0.29) is 17.4 Å². The number of nitrogens with zero attached hydrogens (tertiary/aromatic N) is 1. The first-order valence-corrected chi connectivity index (χ1v) is 8.41. The number of rotatable bonds is 3. The molecule has 0 aliphatic carbocycles. The SMILES string of the molecule is Oc1cc(O)cc(CC2CNc3ncc(-c4ccsc4)cc32)c1. The Kier molecular flexibility index (Phi) is 3.42. The molecular weight excluding hydrogens is 308 g/mol. The first-order valence-electron chi connectivity index (χ1n) is 7.47. The Morgan fingerprint density at radius 1 is 1.13 bits per heavy atom. The number of phenols is 2. The summed E-state index contributed by atoms with van der Waals surface area (Å²) in [6, 6.07) is 9.04. The van der Waals surface area contributed by atoms with E-state index >= 15 is 0 Å². The first-order chi connectivity index (χ1) is 11.2. The van der Waals surface area contributed by atoms with Crippen molar-refractivity contribution in [2.24, 2.45) is 0 Å². The number of hydrogen-bond donors (Lipinski definition) is 3. The van der Waals surface area contributed by atoms with E-state index in [4.69, 9.17) is 0 Å². The lowest BCUT2D eigenvalue weighted by molar-refractivity contribution is 0.449. The molecule has 116 valence electrons. The van der Waals surface area contributed by atoms with Gasteiger partial charge in [-0.05, 0) is 52.6 Å². The molecule has 1 unspecified atom stereocenters. The van der Waals surface area contributed by atoms with E-state index < -0.39 is 0 Å². The van der Waals surface area contributed by atoms with Crippen LogP contribution in [0.2, 0.25) is 0 Å². The maximum Gasteiger partial charge on any atom is 0.129 e. The van der Waals surface area contributed by atoms with Crippen molar-refractivity contribution in [2.75, 3.05) is 11.9 Å². The molecule has 23 heavy (non-hydrogen) atoms. The topological polar surface area (TPSA) is 65.4 Å². The zero-order valence-electron chi connectivity index (χ0n) is 12.4. The van der Waals surface area contributed by atoms with Crippen LogP contribution < -0.4 is 5.32 Å². The number of aromatic nitrogens is 1. The smallest absolute Gasteiger partial charge is 0.129 e. The third-order valence-electron chi connectivity index (χ3n) is 4.17. The zero-order chi connectivity index (χ0) is 15.8. The quantitative estimate of drug-likeness (QED) is 0.682. The van der Waals surface area contributed by atoms with Crippen LogP contribution in [0.5, 0.6) is 11.5 Å². The molecule has 1 aliphatic rings. The third kappa shape index (κ3) is 2.75. The van der Waals surface area contributed by atoms with Crippen LogP contribution in [0.25, 0.3) is 11.1 Å². The summed E-state index contributed by atoms with van der Waals surface area (Å²) >= 11 is 1.68. The van der Waals surface area contributed by atoms with Gasteiger partial charge in [-0.25, -0.2) is 4.98 Å². The second kappa shape index (κ2) is 5.59. The van der Waals surface area contributed by atoms with E-state index in [1.54, 1.807) is 23.5 Å². The lowest BCUT2D eigenvalue weighted by Gasteiger charge is -2.11. The van der Waals surface area contributed by atoms with Crippen molar-refractivity contribution in [1.29, 1.82) is 0 Å². The fourth-order valence-corrected chi connectivity index (χ4v) is 3.76. The summed E-state index contributed by atoms with van der Waals surface area (Å²) in [5.74, 6) is 1.39. The fourth-order valence-electron chi connectivity index (χ4n) is 3.10. The molecule has 1 aliphatic heterocycles. The molecule has 2 aromatic heterocycles. The highest BCUT2D eigenvalue weighted by Gasteiger charge is 2.24. The molecule has 0 spiro atoms. The Hall–Kier alpha value is -2.53. The monoisotopic (exact) mass is 324 g/mol. The van der Waals surface area contributed by atoms with Gasteiger partial charge in [-0.3, -0.25) is 0 Å². The minimum Gasteiger partial charge on any atom is -0.508 e. The highest BCUT2D eigenvalue weighted by molar-refractivity contribution is 7.08. The largest absolute Gasteiger partial charge is 0.508 e. The molecule has 1 atom stereocenters. The normalized spacial score (nSPS) is 16.1. The molecule has 3 N–H and O–H groups in total. The number of fused-ring (bicyclic) bond motifs is 1. The van der Waals surface area contributed by atoms with Crippen LogP contribution in [0.3, 0.4) is 0 Å². The Labute approximate surface area is 138 Å². The molecule has 0 fully saturated rings. The van der Waals surface area contributed by atoms with Crippen molar-refractivity contribution >= 4 is 17.2 Å². The van der Waals surface area contributed by atoms with Crippen LogP contribution in [0.15, 0.2) is 47.3 Å². The van der Waals surface area contributed by atoms with Crippen molar-refractivity contribution in [2.45, 2.75) is 12.3 Å². The Morgan fingerprint density at radius 2 is 1.96 bits per heavy atom. The van der Waals surface area contributed by atoms with Crippen LogP contribution in [-0.2, 0) is 6.42 Å². The maximum atomic E-state index is 9.65. The number of anilines is 1. The highest BCUT2D eigenvalue weighted by atomic mass is 32.1. The summed E-state index contributed by atoms with van der Waals surface area (Å²) in [5.41, 5.74) is 4.42. The second-order valence-corrected chi connectivity index (χ2v) is 6.59. The van der Waals surface area contributed by atoms with Crippen molar-refractivity contribution in [3.8, 4) is 22.6 Å². The van der Waals surface area contributed by atoms with Gasteiger partial charge in [-0.2, -0.15) is 11.3 Å². The lowest BCUT2D eigenvalue weighted by Crippen LogP contribution is -2.05. The minimum atomic E-state index is 0.0938. The molecule has 5 heteroatoms. The Balaban J connectivity index is 1.65.